The first-order valence-corrected chi connectivity index (χ1v) is 12.9. The van der Waals surface area contributed by atoms with Crippen LogP contribution in [0.4, 0.5) is 5.69 Å². The molecule has 7 nitrogen and oxygen atoms in total. The number of hydrogen-bond donors (Lipinski definition) is 1. The normalized spacial score (nSPS) is 15.5. The largest absolute Gasteiger partial charge is 0.503 e. The summed E-state index contributed by atoms with van der Waals surface area (Å²) >= 11 is 6.20. The molecular weight excluding hydrogens is 518 g/mol. The number of amides is 1. The van der Waals surface area contributed by atoms with Crippen molar-refractivity contribution >= 4 is 39.9 Å². The Morgan fingerprint density at radius 1 is 1.08 bits per heavy atom. The molecular formula is C31H28ClNO6. The quantitative estimate of drug-likeness (QED) is 0.235. The van der Waals surface area contributed by atoms with Crippen molar-refractivity contribution in [3.05, 3.63) is 100.0 Å². The fourth-order valence-electron chi connectivity index (χ4n) is 4.62. The van der Waals surface area contributed by atoms with E-state index in [9.17, 15) is 14.7 Å². The Hall–Kier alpha value is -4.23. The summed E-state index contributed by atoms with van der Waals surface area (Å²) in [5.74, 6) is -0.577. The number of methoxy groups -OCH3 is 1. The third kappa shape index (κ3) is 4.98. The van der Waals surface area contributed by atoms with Gasteiger partial charge in [0.15, 0.2) is 22.9 Å². The lowest BCUT2D eigenvalue weighted by Crippen LogP contribution is -2.31. The standard InChI is InChI=1S/C31H28ClNO6/c1-17(2)16-38-23-11-7-19(8-12-23)27-26(29(35)31(36)33(27)22-9-5-18(3)6-10-22)28(34)24-14-20-13-21(32)15-25(37-4)30(20)39-24/h5-15,17,27,35H,16H2,1-4H3. The molecule has 0 saturated heterocycles. The van der Waals surface area contributed by atoms with Gasteiger partial charge in [-0.3, -0.25) is 14.5 Å². The lowest BCUT2D eigenvalue weighted by atomic mass is 9.94. The van der Waals surface area contributed by atoms with Crippen LogP contribution in [-0.2, 0) is 4.79 Å². The SMILES string of the molecule is COc1cc(Cl)cc2cc(C(=O)C3=C(O)C(=O)N(c4ccc(C)cc4)C3c3ccc(OCC(C)C)cc3)oc12. The van der Waals surface area contributed by atoms with E-state index in [0.29, 0.717) is 51.3 Å². The number of ketones is 1. The van der Waals surface area contributed by atoms with Gasteiger partial charge in [0, 0.05) is 22.2 Å². The maximum Gasteiger partial charge on any atom is 0.294 e. The van der Waals surface area contributed by atoms with Crippen LogP contribution < -0.4 is 14.4 Å². The number of halogens is 1. The van der Waals surface area contributed by atoms with Gasteiger partial charge in [0.05, 0.1) is 25.3 Å². The number of rotatable bonds is 8. The van der Waals surface area contributed by atoms with Crippen LogP contribution in [-0.4, -0.2) is 30.5 Å². The van der Waals surface area contributed by atoms with Crippen LogP contribution in [0.15, 0.2) is 82.5 Å². The van der Waals surface area contributed by atoms with Crippen LogP contribution in [0.2, 0.25) is 5.02 Å². The third-order valence-corrected chi connectivity index (χ3v) is 6.75. The van der Waals surface area contributed by atoms with Gasteiger partial charge >= 0.3 is 0 Å². The molecule has 2 heterocycles. The van der Waals surface area contributed by atoms with Crippen molar-refractivity contribution in [2.45, 2.75) is 26.8 Å². The molecule has 1 amide bonds. The number of aliphatic hydroxyl groups is 1. The fraction of sp³-hybridized carbons (Fsp3) is 0.226. The van der Waals surface area contributed by atoms with Crippen molar-refractivity contribution in [2.75, 3.05) is 18.6 Å². The van der Waals surface area contributed by atoms with Crippen molar-refractivity contribution in [3.8, 4) is 11.5 Å². The van der Waals surface area contributed by atoms with E-state index < -0.39 is 23.5 Å². The molecule has 0 spiro atoms. The molecule has 1 N–H and O–H groups in total. The lowest BCUT2D eigenvalue weighted by Gasteiger charge is -2.27. The summed E-state index contributed by atoms with van der Waals surface area (Å²) in [4.78, 5) is 28.8. The number of anilines is 1. The Balaban J connectivity index is 1.60. The number of aryl methyl sites for hydroxylation is 1. The third-order valence-electron chi connectivity index (χ3n) is 6.53. The van der Waals surface area contributed by atoms with Gasteiger partial charge in [-0.05, 0) is 54.8 Å². The van der Waals surface area contributed by atoms with Crippen LogP contribution >= 0.6 is 11.6 Å². The Labute approximate surface area is 231 Å². The van der Waals surface area contributed by atoms with E-state index in [4.69, 9.17) is 25.5 Å². The van der Waals surface area contributed by atoms with Gasteiger partial charge < -0.3 is 19.0 Å². The Bertz CT molecular complexity index is 1580. The second kappa shape index (κ2) is 10.5. The summed E-state index contributed by atoms with van der Waals surface area (Å²) in [6, 6.07) is 18.4. The minimum absolute atomic E-state index is 0.0486. The van der Waals surface area contributed by atoms with Crippen LogP contribution in [0.5, 0.6) is 11.5 Å². The highest BCUT2D eigenvalue weighted by atomic mass is 35.5. The number of furan rings is 1. The molecule has 0 aliphatic carbocycles. The van der Waals surface area contributed by atoms with Gasteiger partial charge in [0.1, 0.15) is 5.75 Å². The topological polar surface area (TPSA) is 89.2 Å². The summed E-state index contributed by atoms with van der Waals surface area (Å²) in [6.07, 6.45) is 0. The highest BCUT2D eigenvalue weighted by Crippen LogP contribution is 2.43. The predicted molar refractivity (Wildman–Crippen MR) is 150 cm³/mol. The van der Waals surface area contributed by atoms with Crippen LogP contribution in [0.3, 0.4) is 0 Å². The van der Waals surface area contributed by atoms with Crippen LogP contribution in [0.1, 0.15) is 41.6 Å². The molecule has 3 aromatic carbocycles. The Morgan fingerprint density at radius 3 is 2.41 bits per heavy atom. The number of nitrogens with zero attached hydrogens (tertiary/aromatic N) is 1. The molecule has 0 radical (unpaired) electrons. The second-order valence-electron chi connectivity index (χ2n) is 9.92. The molecule has 0 bridgehead atoms. The highest BCUT2D eigenvalue weighted by Gasteiger charge is 2.45. The minimum atomic E-state index is -0.898. The smallest absolute Gasteiger partial charge is 0.294 e. The molecule has 1 unspecified atom stereocenters. The van der Waals surface area contributed by atoms with E-state index >= 15 is 0 Å². The van der Waals surface area contributed by atoms with Crippen molar-refractivity contribution in [3.63, 3.8) is 0 Å². The molecule has 1 aliphatic rings. The molecule has 0 fully saturated rings. The number of fused-ring (bicyclic) bond motifs is 1. The van der Waals surface area contributed by atoms with Crippen molar-refractivity contribution in [1.29, 1.82) is 0 Å². The summed E-state index contributed by atoms with van der Waals surface area (Å²) in [6.45, 7) is 6.62. The summed E-state index contributed by atoms with van der Waals surface area (Å²) in [5.41, 5.74) is 2.44. The molecule has 5 rings (SSSR count). The van der Waals surface area contributed by atoms with Gasteiger partial charge in [-0.2, -0.15) is 0 Å². The van der Waals surface area contributed by atoms with Gasteiger partial charge in [-0.25, -0.2) is 0 Å². The van der Waals surface area contributed by atoms with Crippen molar-refractivity contribution in [1.82, 2.24) is 0 Å². The summed E-state index contributed by atoms with van der Waals surface area (Å²) < 4.78 is 17.1. The predicted octanol–water partition coefficient (Wildman–Crippen LogP) is 7.22. The van der Waals surface area contributed by atoms with E-state index in [0.717, 1.165) is 5.56 Å². The molecule has 39 heavy (non-hydrogen) atoms. The van der Waals surface area contributed by atoms with Crippen molar-refractivity contribution in [2.24, 2.45) is 5.92 Å². The maximum atomic E-state index is 13.9. The van der Waals surface area contributed by atoms with E-state index in [2.05, 4.69) is 13.8 Å². The first-order valence-electron chi connectivity index (χ1n) is 12.6. The first-order chi connectivity index (χ1) is 18.7. The average molecular weight is 546 g/mol. The van der Waals surface area contributed by atoms with Crippen molar-refractivity contribution < 1.29 is 28.6 Å². The van der Waals surface area contributed by atoms with E-state index in [-0.39, 0.29) is 11.3 Å². The zero-order valence-corrected chi connectivity index (χ0v) is 22.8. The molecule has 8 heteroatoms. The van der Waals surface area contributed by atoms with Crippen LogP contribution in [0, 0.1) is 12.8 Å². The molecule has 1 aromatic heterocycles. The number of ether oxygens (including phenoxy) is 2. The number of aliphatic hydroxyl groups excluding tert-OH is 1. The zero-order valence-electron chi connectivity index (χ0n) is 22.0. The zero-order chi connectivity index (χ0) is 27.8. The molecule has 4 aromatic rings. The monoisotopic (exact) mass is 545 g/mol. The van der Waals surface area contributed by atoms with Gasteiger partial charge in [-0.15, -0.1) is 0 Å². The number of Topliss-reactive ketones (excluding diaryl/α,β-unsaturated/α-hetero) is 1. The minimum Gasteiger partial charge on any atom is -0.503 e. The average Bonchev–Trinajstić information content (AvgIpc) is 3.46. The summed E-state index contributed by atoms with van der Waals surface area (Å²) in [7, 11) is 1.48. The summed E-state index contributed by atoms with van der Waals surface area (Å²) in [5, 5.41) is 12.1. The molecule has 1 atom stereocenters. The van der Waals surface area contributed by atoms with Gasteiger partial charge in [0.2, 0.25) is 5.78 Å². The first kappa shape index (κ1) is 26.4. The van der Waals surface area contributed by atoms with E-state index in [1.165, 1.54) is 18.1 Å². The van der Waals surface area contributed by atoms with Gasteiger partial charge in [0.25, 0.3) is 5.91 Å². The molecule has 1 aliphatic heterocycles. The number of carbonyl (C=O) groups is 2. The van der Waals surface area contributed by atoms with E-state index in [1.807, 2.05) is 19.1 Å². The van der Waals surface area contributed by atoms with Crippen LogP contribution in [0.25, 0.3) is 11.0 Å². The lowest BCUT2D eigenvalue weighted by molar-refractivity contribution is -0.117. The van der Waals surface area contributed by atoms with E-state index in [1.54, 1.807) is 48.5 Å². The van der Waals surface area contributed by atoms with Gasteiger partial charge in [-0.1, -0.05) is 55.3 Å². The molecule has 200 valence electrons. The number of carbonyl (C=O) groups excluding carboxylic acids is 2. The highest BCUT2D eigenvalue weighted by molar-refractivity contribution is 6.31. The Kier molecular flexibility index (Phi) is 7.10. The fourth-order valence-corrected chi connectivity index (χ4v) is 4.83. The number of hydrogen-bond acceptors (Lipinski definition) is 6. The maximum absolute atomic E-state index is 13.9. The number of benzene rings is 3. The Morgan fingerprint density at radius 2 is 1.77 bits per heavy atom. The molecule has 0 saturated carbocycles. The second-order valence-corrected chi connectivity index (χ2v) is 10.4.